The van der Waals surface area contributed by atoms with Gasteiger partial charge in [0.15, 0.2) is 0 Å². The number of aromatic nitrogens is 1. The minimum absolute atomic E-state index is 0.0155. The molecule has 1 aromatic heterocycles. The van der Waals surface area contributed by atoms with E-state index in [4.69, 9.17) is 0 Å². The number of rotatable bonds is 6. The molecule has 1 atom stereocenters. The Morgan fingerprint density at radius 1 is 1.00 bits per heavy atom. The average Bonchev–Trinajstić information content (AvgIpc) is 3.20. The molecular formula is C25H25N3O2. The van der Waals surface area contributed by atoms with E-state index in [1.165, 1.54) is 5.56 Å². The molecule has 0 N–H and O–H groups in total. The van der Waals surface area contributed by atoms with Crippen LogP contribution in [0.4, 0.5) is 11.5 Å². The fourth-order valence-corrected chi connectivity index (χ4v) is 3.81. The van der Waals surface area contributed by atoms with Crippen molar-refractivity contribution < 1.29 is 9.59 Å². The van der Waals surface area contributed by atoms with Gasteiger partial charge in [-0.05, 0) is 41.8 Å². The molecule has 1 aliphatic heterocycles. The fraction of sp³-hybridized carbons (Fsp3) is 0.240. The average molecular weight is 399 g/mol. The highest BCUT2D eigenvalue weighted by Gasteiger charge is 2.38. The number of carbonyl (C=O) groups excluding carboxylic acids is 2. The summed E-state index contributed by atoms with van der Waals surface area (Å²) >= 11 is 0. The molecule has 1 aliphatic rings. The van der Waals surface area contributed by atoms with Gasteiger partial charge in [0.05, 0.1) is 12.5 Å². The summed E-state index contributed by atoms with van der Waals surface area (Å²) in [4.78, 5) is 34.0. The van der Waals surface area contributed by atoms with Gasteiger partial charge >= 0.3 is 0 Å². The van der Waals surface area contributed by atoms with E-state index >= 15 is 0 Å². The van der Waals surface area contributed by atoms with Crippen LogP contribution in [0.2, 0.25) is 0 Å². The first-order valence-corrected chi connectivity index (χ1v) is 10.3. The van der Waals surface area contributed by atoms with Crippen LogP contribution in [0.3, 0.4) is 0 Å². The van der Waals surface area contributed by atoms with E-state index in [1.54, 1.807) is 16.0 Å². The van der Waals surface area contributed by atoms with Crippen molar-refractivity contribution in [3.05, 3.63) is 90.1 Å². The summed E-state index contributed by atoms with van der Waals surface area (Å²) in [5.41, 5.74) is 3.09. The first-order valence-electron chi connectivity index (χ1n) is 10.3. The summed E-state index contributed by atoms with van der Waals surface area (Å²) in [5, 5.41) is 0. The number of amides is 2. The molecule has 2 amide bonds. The summed E-state index contributed by atoms with van der Waals surface area (Å²) in [5.74, 6) is 0.121. The van der Waals surface area contributed by atoms with Gasteiger partial charge in [-0.25, -0.2) is 4.98 Å². The highest BCUT2D eigenvalue weighted by molar-refractivity contribution is 6.04. The SMILES string of the molecule is CCc1ccc(N2CC(C(=O)N(Cc3ccccc3)c3ccccn3)CC2=O)cc1. The zero-order valence-electron chi connectivity index (χ0n) is 17.1. The molecule has 1 fully saturated rings. The molecule has 1 saturated heterocycles. The molecule has 0 saturated carbocycles. The maximum atomic E-state index is 13.5. The molecule has 4 rings (SSSR count). The van der Waals surface area contributed by atoms with E-state index in [2.05, 4.69) is 11.9 Å². The molecule has 5 nitrogen and oxygen atoms in total. The molecule has 1 unspecified atom stereocenters. The lowest BCUT2D eigenvalue weighted by molar-refractivity contribution is -0.124. The van der Waals surface area contributed by atoms with Gasteiger partial charge in [-0.1, -0.05) is 55.5 Å². The fourth-order valence-electron chi connectivity index (χ4n) is 3.81. The zero-order valence-corrected chi connectivity index (χ0v) is 17.1. The van der Waals surface area contributed by atoms with Gasteiger partial charge in [0.25, 0.3) is 0 Å². The van der Waals surface area contributed by atoms with Gasteiger partial charge in [0.2, 0.25) is 11.8 Å². The maximum absolute atomic E-state index is 13.5. The van der Waals surface area contributed by atoms with Crippen LogP contribution < -0.4 is 9.80 Å². The van der Waals surface area contributed by atoms with Crippen LogP contribution >= 0.6 is 0 Å². The summed E-state index contributed by atoms with van der Waals surface area (Å²) in [6.07, 6.45) is 2.85. The van der Waals surface area contributed by atoms with Gasteiger partial charge in [0, 0.05) is 24.8 Å². The Kier molecular flexibility index (Phi) is 5.89. The summed E-state index contributed by atoms with van der Waals surface area (Å²) in [6.45, 7) is 2.91. The monoisotopic (exact) mass is 399 g/mol. The molecular weight excluding hydrogens is 374 g/mol. The van der Waals surface area contributed by atoms with E-state index < -0.39 is 5.92 Å². The van der Waals surface area contributed by atoms with Crippen molar-refractivity contribution in [1.29, 1.82) is 0 Å². The largest absolute Gasteiger partial charge is 0.312 e. The van der Waals surface area contributed by atoms with Crippen molar-refractivity contribution in [3.8, 4) is 0 Å². The third kappa shape index (κ3) is 4.25. The Morgan fingerprint density at radius 2 is 1.73 bits per heavy atom. The molecule has 5 heteroatoms. The second-order valence-corrected chi connectivity index (χ2v) is 7.52. The first kappa shape index (κ1) is 19.8. The van der Waals surface area contributed by atoms with Crippen molar-refractivity contribution in [2.24, 2.45) is 5.92 Å². The van der Waals surface area contributed by atoms with E-state index in [9.17, 15) is 9.59 Å². The van der Waals surface area contributed by atoms with Crippen molar-refractivity contribution in [2.45, 2.75) is 26.3 Å². The third-order valence-electron chi connectivity index (χ3n) is 5.51. The van der Waals surface area contributed by atoms with Crippen LogP contribution in [0.1, 0.15) is 24.5 Å². The molecule has 3 aromatic rings. The Labute approximate surface area is 177 Å². The number of benzene rings is 2. The zero-order chi connectivity index (χ0) is 20.9. The number of carbonyl (C=O) groups is 2. The van der Waals surface area contributed by atoms with Crippen LogP contribution in [0.15, 0.2) is 79.0 Å². The molecule has 30 heavy (non-hydrogen) atoms. The van der Waals surface area contributed by atoms with Crippen molar-refractivity contribution in [1.82, 2.24) is 4.98 Å². The quantitative estimate of drug-likeness (QED) is 0.623. The van der Waals surface area contributed by atoms with Crippen LogP contribution in [-0.2, 0) is 22.6 Å². The van der Waals surface area contributed by atoms with Crippen molar-refractivity contribution in [2.75, 3.05) is 16.3 Å². The highest BCUT2D eigenvalue weighted by Crippen LogP contribution is 2.28. The minimum Gasteiger partial charge on any atom is -0.312 e. The number of aryl methyl sites for hydroxylation is 1. The van der Waals surface area contributed by atoms with E-state index in [1.807, 2.05) is 72.8 Å². The number of nitrogens with zero attached hydrogens (tertiary/aromatic N) is 3. The molecule has 0 aliphatic carbocycles. The molecule has 0 radical (unpaired) electrons. The van der Waals surface area contributed by atoms with E-state index in [0.29, 0.717) is 18.9 Å². The number of hydrogen-bond donors (Lipinski definition) is 0. The normalized spacial score (nSPS) is 16.0. The lowest BCUT2D eigenvalue weighted by Gasteiger charge is -2.25. The topological polar surface area (TPSA) is 53.5 Å². The summed E-state index contributed by atoms with van der Waals surface area (Å²) in [7, 11) is 0. The van der Waals surface area contributed by atoms with Gasteiger partial charge in [-0.3, -0.25) is 14.5 Å². The van der Waals surface area contributed by atoms with Crippen LogP contribution in [0, 0.1) is 5.92 Å². The first-order chi connectivity index (χ1) is 14.7. The lowest BCUT2D eigenvalue weighted by Crippen LogP contribution is -2.37. The molecule has 152 valence electrons. The van der Waals surface area contributed by atoms with Gasteiger partial charge in [0.1, 0.15) is 5.82 Å². The Morgan fingerprint density at radius 3 is 2.40 bits per heavy atom. The summed E-state index contributed by atoms with van der Waals surface area (Å²) < 4.78 is 0. The smallest absolute Gasteiger partial charge is 0.233 e. The maximum Gasteiger partial charge on any atom is 0.233 e. The highest BCUT2D eigenvalue weighted by atomic mass is 16.2. The van der Waals surface area contributed by atoms with E-state index in [0.717, 1.165) is 17.7 Å². The van der Waals surface area contributed by atoms with Crippen LogP contribution in [-0.4, -0.2) is 23.3 Å². The van der Waals surface area contributed by atoms with E-state index in [-0.39, 0.29) is 18.2 Å². The Bertz CT molecular complexity index is 1000. The second-order valence-electron chi connectivity index (χ2n) is 7.52. The molecule has 0 bridgehead atoms. The lowest BCUT2D eigenvalue weighted by atomic mass is 10.1. The van der Waals surface area contributed by atoms with Crippen LogP contribution in [0.5, 0.6) is 0 Å². The molecule has 2 aromatic carbocycles. The Hall–Kier alpha value is -3.47. The predicted octanol–water partition coefficient (Wildman–Crippen LogP) is 4.23. The number of hydrogen-bond acceptors (Lipinski definition) is 3. The van der Waals surface area contributed by atoms with Gasteiger partial charge in [-0.15, -0.1) is 0 Å². The molecule has 0 spiro atoms. The number of pyridine rings is 1. The van der Waals surface area contributed by atoms with Gasteiger partial charge < -0.3 is 4.90 Å². The third-order valence-corrected chi connectivity index (χ3v) is 5.51. The molecule has 2 heterocycles. The number of anilines is 2. The Balaban J connectivity index is 1.56. The van der Waals surface area contributed by atoms with Gasteiger partial charge in [-0.2, -0.15) is 0 Å². The standard InChI is InChI=1S/C25H25N3O2/c1-2-19-11-13-22(14-12-19)27-18-21(16-24(27)29)25(30)28(23-10-6-7-15-26-23)17-20-8-4-3-5-9-20/h3-15,21H,2,16-18H2,1H3. The minimum atomic E-state index is -0.394. The predicted molar refractivity (Wildman–Crippen MR) is 118 cm³/mol. The van der Waals surface area contributed by atoms with Crippen molar-refractivity contribution >= 4 is 23.3 Å². The second kappa shape index (κ2) is 8.91. The summed E-state index contributed by atoms with van der Waals surface area (Å²) in [6, 6.07) is 23.4. The van der Waals surface area contributed by atoms with Crippen molar-refractivity contribution in [3.63, 3.8) is 0 Å². The van der Waals surface area contributed by atoms with Crippen LogP contribution in [0.25, 0.3) is 0 Å².